The summed E-state index contributed by atoms with van der Waals surface area (Å²) in [5.74, 6) is 1.23. The van der Waals surface area contributed by atoms with Gasteiger partial charge in [0, 0.05) is 56.2 Å². The van der Waals surface area contributed by atoms with Crippen LogP contribution in [-0.2, 0) is 31.5 Å². The monoisotopic (exact) mass is 563 g/mol. The second kappa shape index (κ2) is 12.1. The van der Waals surface area contributed by atoms with Crippen molar-refractivity contribution in [1.29, 1.82) is 0 Å². The van der Waals surface area contributed by atoms with Gasteiger partial charge in [0.25, 0.3) is 0 Å². The summed E-state index contributed by atoms with van der Waals surface area (Å²) in [5.41, 5.74) is 6.22. The molecule has 0 saturated carbocycles. The molecule has 5 rings (SSSR count). The largest absolute Gasteiger partial charge is 0.473 e. The lowest BCUT2D eigenvalue weighted by Gasteiger charge is -2.26. The Labute approximate surface area is 240 Å². The summed E-state index contributed by atoms with van der Waals surface area (Å²) < 4.78 is 21.9. The van der Waals surface area contributed by atoms with Gasteiger partial charge in [-0.2, -0.15) is 5.10 Å². The van der Waals surface area contributed by atoms with Gasteiger partial charge in [0.15, 0.2) is 0 Å². The van der Waals surface area contributed by atoms with Crippen LogP contribution in [0.4, 0.5) is 0 Å². The van der Waals surface area contributed by atoms with Crippen LogP contribution in [0.25, 0.3) is 34.3 Å². The lowest BCUT2D eigenvalue weighted by Crippen LogP contribution is -2.35. The van der Waals surface area contributed by atoms with E-state index in [9.17, 15) is 5.11 Å². The molecule has 0 amide bonds. The van der Waals surface area contributed by atoms with Crippen LogP contribution in [0.2, 0.25) is 0 Å². The molecule has 220 valence electrons. The van der Waals surface area contributed by atoms with E-state index in [0.717, 1.165) is 51.2 Å². The molecule has 2 N–H and O–H groups in total. The number of pyridine rings is 1. The third-order valence-corrected chi connectivity index (χ3v) is 7.13. The summed E-state index contributed by atoms with van der Waals surface area (Å²) in [6, 6.07) is 2.12. The number of methoxy groups -OCH3 is 1. The molecule has 0 saturated heterocycles. The van der Waals surface area contributed by atoms with Gasteiger partial charge >= 0.3 is 0 Å². The Morgan fingerprint density at radius 3 is 2.73 bits per heavy atom. The summed E-state index contributed by atoms with van der Waals surface area (Å²) in [6.45, 7) is 12.8. The molecular formula is C30H41N7O4. The molecule has 11 heteroatoms. The molecule has 11 nitrogen and oxygen atoms in total. The van der Waals surface area contributed by atoms with Crippen LogP contribution >= 0.6 is 0 Å². The van der Waals surface area contributed by atoms with Gasteiger partial charge in [-0.3, -0.25) is 9.58 Å². The molecule has 0 aromatic carbocycles. The molecule has 41 heavy (non-hydrogen) atoms. The van der Waals surface area contributed by atoms with Crippen LogP contribution in [0.15, 0.2) is 18.5 Å². The number of likely N-dealkylation sites (N-methyl/N-ethyl adjacent to an activating group) is 1. The number of rotatable bonds is 7. The van der Waals surface area contributed by atoms with Gasteiger partial charge in [0.2, 0.25) is 11.8 Å². The number of aromatic nitrogens is 6. The number of aliphatic hydroxyl groups is 1. The molecule has 4 aromatic rings. The quantitative estimate of drug-likeness (QED) is 0.343. The topological polar surface area (TPSA) is 115 Å². The minimum absolute atomic E-state index is 0.0528. The molecule has 0 unspecified atom stereocenters. The molecule has 0 fully saturated rings. The van der Waals surface area contributed by atoms with E-state index in [1.807, 2.05) is 38.0 Å². The van der Waals surface area contributed by atoms with Crippen molar-refractivity contribution in [3.63, 3.8) is 0 Å². The summed E-state index contributed by atoms with van der Waals surface area (Å²) in [4.78, 5) is 10.3. The highest BCUT2D eigenvalue weighted by molar-refractivity contribution is 5.93. The summed E-state index contributed by atoms with van der Waals surface area (Å²) >= 11 is 0. The van der Waals surface area contributed by atoms with E-state index in [1.165, 1.54) is 0 Å². The number of nitrogens with one attached hydrogen (secondary N) is 1. The van der Waals surface area contributed by atoms with E-state index in [0.29, 0.717) is 38.0 Å². The summed E-state index contributed by atoms with van der Waals surface area (Å²) in [5, 5.41) is 20.8. The van der Waals surface area contributed by atoms with Gasteiger partial charge in [-0.15, -0.1) is 5.10 Å². The van der Waals surface area contributed by atoms with Crippen molar-refractivity contribution < 1.29 is 19.3 Å². The predicted octanol–water partition coefficient (Wildman–Crippen LogP) is 4.25. The first-order valence-electron chi connectivity index (χ1n) is 14.2. The summed E-state index contributed by atoms with van der Waals surface area (Å²) in [6.07, 6.45) is 7.17. The maximum absolute atomic E-state index is 10.3. The Hall–Kier alpha value is -3.67. The van der Waals surface area contributed by atoms with Crippen molar-refractivity contribution in [2.75, 3.05) is 20.2 Å². The number of fused-ring (bicyclic) bond motifs is 4. The van der Waals surface area contributed by atoms with Crippen molar-refractivity contribution in [2.24, 2.45) is 7.05 Å². The Bertz CT molecular complexity index is 1530. The van der Waals surface area contributed by atoms with Gasteiger partial charge in [0.1, 0.15) is 11.8 Å². The fourth-order valence-electron chi connectivity index (χ4n) is 5.34. The first-order valence-corrected chi connectivity index (χ1v) is 14.2. The molecule has 0 spiro atoms. The molecule has 1 aliphatic rings. The first kappa shape index (κ1) is 28.8. The zero-order chi connectivity index (χ0) is 29.3. The highest BCUT2D eigenvalue weighted by Gasteiger charge is 2.26. The third-order valence-electron chi connectivity index (χ3n) is 7.13. The van der Waals surface area contributed by atoms with E-state index in [-0.39, 0.29) is 12.2 Å². The smallest absolute Gasteiger partial charge is 0.240 e. The first-order chi connectivity index (χ1) is 19.7. The van der Waals surface area contributed by atoms with Crippen LogP contribution in [0.3, 0.4) is 0 Å². The van der Waals surface area contributed by atoms with Crippen molar-refractivity contribution in [3.05, 3.63) is 41.0 Å². The van der Waals surface area contributed by atoms with Crippen LogP contribution in [0.1, 0.15) is 57.1 Å². The number of aliphatic hydroxyl groups excluding tert-OH is 1. The third kappa shape index (κ3) is 6.02. The lowest BCUT2D eigenvalue weighted by atomic mass is 10.0. The van der Waals surface area contributed by atoms with Gasteiger partial charge < -0.3 is 24.3 Å². The van der Waals surface area contributed by atoms with Gasteiger partial charge in [0.05, 0.1) is 47.9 Å². The highest BCUT2D eigenvalue weighted by atomic mass is 16.5. The average Bonchev–Trinajstić information content (AvgIpc) is 3.54. The fraction of sp³-hybridized carbons (Fsp3) is 0.500. The number of nitrogens with zero attached hydrogens (tertiary/aromatic N) is 6. The molecule has 5 heterocycles. The van der Waals surface area contributed by atoms with Crippen LogP contribution < -0.4 is 9.47 Å². The van der Waals surface area contributed by atoms with Crippen LogP contribution in [0, 0.1) is 0 Å². The van der Waals surface area contributed by atoms with E-state index >= 15 is 0 Å². The fourth-order valence-corrected chi connectivity index (χ4v) is 5.34. The Morgan fingerprint density at radius 2 is 2.02 bits per heavy atom. The van der Waals surface area contributed by atoms with Crippen LogP contribution in [-0.4, -0.2) is 78.0 Å². The second-order valence-corrected chi connectivity index (χ2v) is 11.0. The molecule has 2 bridgehead atoms. The molecular weight excluding hydrogens is 522 g/mol. The van der Waals surface area contributed by atoms with Crippen molar-refractivity contribution in [2.45, 2.75) is 72.6 Å². The zero-order valence-electron chi connectivity index (χ0n) is 25.0. The SMILES string of the molecule is CCN1Cc2c(c(OC(C)C)nn2C[C@H](C)O)/C=C/c2c[nH]c3ncc(cc23)-c2c(COC)nn(C)c2O[C@@H](C)C1. The minimum atomic E-state index is -0.563. The van der Waals surface area contributed by atoms with E-state index in [1.54, 1.807) is 18.7 Å². The van der Waals surface area contributed by atoms with Crippen molar-refractivity contribution in [3.8, 4) is 22.9 Å². The van der Waals surface area contributed by atoms with E-state index < -0.39 is 6.10 Å². The standard InChI is InChI=1S/C30H41N7O4/c1-8-36-15-20(5)41-30-27(25(17-39-7)33-35(30)6)22-11-24-21(12-31-28(24)32-13-22)9-10-23-26(16-36)37(14-19(4)38)34-29(23)40-18(2)3/h9-13,18-20,38H,8,14-17H2,1-7H3,(H,31,32)/b10-9+/t19-,20-/m0/s1. The zero-order valence-corrected chi connectivity index (χ0v) is 25.0. The van der Waals surface area contributed by atoms with E-state index in [4.69, 9.17) is 29.4 Å². The molecule has 0 aliphatic carbocycles. The Balaban J connectivity index is 1.72. The van der Waals surface area contributed by atoms with Crippen molar-refractivity contribution in [1.82, 2.24) is 34.4 Å². The van der Waals surface area contributed by atoms with Gasteiger partial charge in [-0.1, -0.05) is 13.0 Å². The Kier molecular flexibility index (Phi) is 8.48. The second-order valence-electron chi connectivity index (χ2n) is 11.0. The maximum Gasteiger partial charge on any atom is 0.240 e. The Morgan fingerprint density at radius 1 is 1.22 bits per heavy atom. The van der Waals surface area contributed by atoms with Crippen molar-refractivity contribution >= 4 is 23.2 Å². The molecule has 2 atom stereocenters. The predicted molar refractivity (Wildman–Crippen MR) is 159 cm³/mol. The highest BCUT2D eigenvalue weighted by Crippen LogP contribution is 2.37. The molecule has 1 aliphatic heterocycles. The number of aromatic amines is 1. The number of hydrogen-bond donors (Lipinski definition) is 2. The average molecular weight is 564 g/mol. The normalized spacial score (nSPS) is 17.6. The van der Waals surface area contributed by atoms with Crippen LogP contribution in [0.5, 0.6) is 11.8 Å². The number of aryl methyl sites for hydroxylation is 1. The van der Waals surface area contributed by atoms with Gasteiger partial charge in [-0.25, -0.2) is 9.67 Å². The number of ether oxygens (including phenoxy) is 3. The maximum atomic E-state index is 10.3. The van der Waals surface area contributed by atoms with Gasteiger partial charge in [-0.05, 0) is 46.4 Å². The summed E-state index contributed by atoms with van der Waals surface area (Å²) in [7, 11) is 3.56. The minimum Gasteiger partial charge on any atom is -0.473 e. The number of H-pyrrole nitrogens is 1. The lowest BCUT2D eigenvalue weighted by molar-refractivity contribution is 0.131. The van der Waals surface area contributed by atoms with E-state index in [2.05, 4.69) is 41.9 Å². The number of hydrogen-bond acceptors (Lipinski definition) is 8. The molecule has 0 radical (unpaired) electrons. The molecule has 4 aromatic heterocycles.